The van der Waals surface area contributed by atoms with Crippen LogP contribution in [0.4, 0.5) is 5.69 Å². The molecule has 98 valence electrons. The van der Waals surface area contributed by atoms with E-state index in [0.29, 0.717) is 23.2 Å². The average Bonchev–Trinajstić information content (AvgIpc) is 2.85. The fourth-order valence-corrected chi connectivity index (χ4v) is 2.11. The SMILES string of the molecule is O=C(COCC1CCNC1)Nc1ccccc1Cl. The Labute approximate surface area is 112 Å². The summed E-state index contributed by atoms with van der Waals surface area (Å²) < 4.78 is 5.40. The molecule has 18 heavy (non-hydrogen) atoms. The van der Waals surface area contributed by atoms with Crippen LogP contribution in [-0.2, 0) is 9.53 Å². The summed E-state index contributed by atoms with van der Waals surface area (Å²) >= 11 is 5.94. The summed E-state index contributed by atoms with van der Waals surface area (Å²) in [5.41, 5.74) is 0.621. The molecule has 2 rings (SSSR count). The van der Waals surface area contributed by atoms with Crippen LogP contribution in [-0.4, -0.2) is 32.2 Å². The van der Waals surface area contributed by atoms with Crippen molar-refractivity contribution in [3.05, 3.63) is 29.3 Å². The van der Waals surface area contributed by atoms with Gasteiger partial charge in [-0.3, -0.25) is 4.79 Å². The van der Waals surface area contributed by atoms with Crippen LogP contribution in [0.25, 0.3) is 0 Å². The standard InChI is InChI=1S/C13H17ClN2O2/c14-11-3-1-2-4-12(11)16-13(17)9-18-8-10-5-6-15-7-10/h1-4,10,15H,5-9H2,(H,16,17). The smallest absolute Gasteiger partial charge is 0.250 e. The second-order valence-electron chi connectivity index (χ2n) is 4.40. The zero-order valence-electron chi connectivity index (χ0n) is 10.1. The Morgan fingerprint density at radius 2 is 2.33 bits per heavy atom. The predicted molar refractivity (Wildman–Crippen MR) is 71.9 cm³/mol. The molecule has 4 nitrogen and oxygen atoms in total. The van der Waals surface area contributed by atoms with Gasteiger partial charge in [-0.25, -0.2) is 0 Å². The zero-order valence-corrected chi connectivity index (χ0v) is 10.9. The average molecular weight is 269 g/mol. The number of amides is 1. The molecule has 0 aromatic heterocycles. The minimum Gasteiger partial charge on any atom is -0.371 e. The third kappa shape index (κ3) is 3.98. The molecule has 5 heteroatoms. The lowest BCUT2D eigenvalue weighted by Gasteiger charge is -2.10. The normalized spacial score (nSPS) is 18.8. The van der Waals surface area contributed by atoms with Crippen molar-refractivity contribution in [2.75, 3.05) is 31.6 Å². The van der Waals surface area contributed by atoms with Crippen LogP contribution >= 0.6 is 11.6 Å². The zero-order chi connectivity index (χ0) is 12.8. The number of nitrogens with one attached hydrogen (secondary N) is 2. The largest absolute Gasteiger partial charge is 0.371 e. The Hall–Kier alpha value is -1.10. The molecule has 0 bridgehead atoms. The van der Waals surface area contributed by atoms with Crippen LogP contribution in [0.5, 0.6) is 0 Å². The van der Waals surface area contributed by atoms with E-state index in [0.717, 1.165) is 19.5 Å². The second kappa shape index (κ2) is 6.73. The number of rotatable bonds is 5. The van der Waals surface area contributed by atoms with Gasteiger partial charge in [-0.15, -0.1) is 0 Å². The molecule has 0 saturated carbocycles. The number of hydrogen-bond donors (Lipinski definition) is 2. The van der Waals surface area contributed by atoms with Crippen molar-refractivity contribution < 1.29 is 9.53 Å². The summed E-state index contributed by atoms with van der Waals surface area (Å²) in [5, 5.41) is 6.52. The lowest BCUT2D eigenvalue weighted by Crippen LogP contribution is -2.21. The van der Waals surface area contributed by atoms with Crippen LogP contribution < -0.4 is 10.6 Å². The Balaban J connectivity index is 1.70. The van der Waals surface area contributed by atoms with E-state index in [9.17, 15) is 4.79 Å². The molecule has 1 unspecified atom stereocenters. The van der Waals surface area contributed by atoms with Crippen LogP contribution in [0, 0.1) is 5.92 Å². The number of halogens is 1. The first-order chi connectivity index (χ1) is 8.75. The van der Waals surface area contributed by atoms with Gasteiger partial charge in [0.2, 0.25) is 5.91 Å². The summed E-state index contributed by atoms with van der Waals surface area (Å²) in [6.45, 7) is 2.72. The number of carbonyl (C=O) groups is 1. The van der Waals surface area contributed by atoms with Gasteiger partial charge in [-0.1, -0.05) is 23.7 Å². The summed E-state index contributed by atoms with van der Waals surface area (Å²) in [6, 6.07) is 7.15. The quantitative estimate of drug-likeness (QED) is 0.858. The van der Waals surface area contributed by atoms with Crippen molar-refractivity contribution >= 4 is 23.2 Å². The van der Waals surface area contributed by atoms with Crippen molar-refractivity contribution in [1.29, 1.82) is 0 Å². The molecule has 0 aliphatic carbocycles. The van der Waals surface area contributed by atoms with Gasteiger partial charge in [0.1, 0.15) is 6.61 Å². The molecule has 2 N–H and O–H groups in total. The Bertz CT molecular complexity index is 406. The highest BCUT2D eigenvalue weighted by Crippen LogP contribution is 2.20. The lowest BCUT2D eigenvalue weighted by atomic mass is 10.1. The molecule has 1 fully saturated rings. The number of benzene rings is 1. The van der Waals surface area contributed by atoms with Gasteiger partial charge < -0.3 is 15.4 Å². The van der Waals surface area contributed by atoms with E-state index in [4.69, 9.17) is 16.3 Å². The molecule has 1 aromatic rings. The molecule has 1 atom stereocenters. The number of anilines is 1. The molecule has 1 saturated heterocycles. The topological polar surface area (TPSA) is 50.4 Å². The van der Waals surface area contributed by atoms with Crippen LogP contribution in [0.3, 0.4) is 0 Å². The number of carbonyl (C=O) groups excluding carboxylic acids is 1. The van der Waals surface area contributed by atoms with Crippen molar-refractivity contribution in [1.82, 2.24) is 5.32 Å². The number of hydrogen-bond acceptors (Lipinski definition) is 3. The minimum atomic E-state index is -0.172. The van der Waals surface area contributed by atoms with Crippen molar-refractivity contribution in [2.24, 2.45) is 5.92 Å². The lowest BCUT2D eigenvalue weighted by molar-refractivity contribution is -0.121. The highest BCUT2D eigenvalue weighted by molar-refractivity contribution is 6.33. The summed E-state index contributed by atoms with van der Waals surface area (Å²) in [5.74, 6) is 0.354. The first-order valence-electron chi connectivity index (χ1n) is 6.08. The first kappa shape index (κ1) is 13.3. The van der Waals surface area contributed by atoms with Gasteiger partial charge in [-0.2, -0.15) is 0 Å². The maximum absolute atomic E-state index is 11.6. The predicted octanol–water partition coefficient (Wildman–Crippen LogP) is 1.90. The molecular formula is C13H17ClN2O2. The number of para-hydroxylation sites is 1. The van der Waals surface area contributed by atoms with Crippen molar-refractivity contribution in [2.45, 2.75) is 6.42 Å². The highest BCUT2D eigenvalue weighted by atomic mass is 35.5. The van der Waals surface area contributed by atoms with E-state index in [2.05, 4.69) is 10.6 Å². The molecular weight excluding hydrogens is 252 g/mol. The van der Waals surface area contributed by atoms with E-state index < -0.39 is 0 Å². The molecule has 0 spiro atoms. The Morgan fingerprint density at radius 3 is 3.06 bits per heavy atom. The Morgan fingerprint density at radius 1 is 1.50 bits per heavy atom. The van der Waals surface area contributed by atoms with Gasteiger partial charge >= 0.3 is 0 Å². The fraction of sp³-hybridized carbons (Fsp3) is 0.462. The van der Waals surface area contributed by atoms with Crippen molar-refractivity contribution in [3.8, 4) is 0 Å². The van der Waals surface area contributed by atoms with Crippen LogP contribution in [0.1, 0.15) is 6.42 Å². The summed E-state index contributed by atoms with van der Waals surface area (Å²) in [4.78, 5) is 11.6. The van der Waals surface area contributed by atoms with Gasteiger partial charge in [-0.05, 0) is 31.0 Å². The maximum Gasteiger partial charge on any atom is 0.250 e. The van der Waals surface area contributed by atoms with E-state index in [1.54, 1.807) is 12.1 Å². The van der Waals surface area contributed by atoms with E-state index >= 15 is 0 Å². The molecule has 1 aliphatic heterocycles. The summed E-state index contributed by atoms with van der Waals surface area (Å²) in [6.07, 6.45) is 1.12. The molecule has 1 heterocycles. The minimum absolute atomic E-state index is 0.0712. The van der Waals surface area contributed by atoms with E-state index in [1.807, 2.05) is 12.1 Å². The van der Waals surface area contributed by atoms with Gasteiger partial charge in [0.15, 0.2) is 0 Å². The molecule has 0 radical (unpaired) electrons. The fourth-order valence-electron chi connectivity index (χ4n) is 1.92. The third-order valence-corrected chi connectivity index (χ3v) is 3.23. The van der Waals surface area contributed by atoms with Crippen molar-refractivity contribution in [3.63, 3.8) is 0 Å². The first-order valence-corrected chi connectivity index (χ1v) is 6.46. The maximum atomic E-state index is 11.6. The van der Waals surface area contributed by atoms with Crippen LogP contribution in [0.2, 0.25) is 5.02 Å². The number of ether oxygens (including phenoxy) is 1. The van der Waals surface area contributed by atoms with Gasteiger partial charge in [0, 0.05) is 6.54 Å². The second-order valence-corrected chi connectivity index (χ2v) is 4.81. The monoisotopic (exact) mass is 268 g/mol. The molecule has 1 amide bonds. The van der Waals surface area contributed by atoms with E-state index in [1.165, 1.54) is 0 Å². The highest BCUT2D eigenvalue weighted by Gasteiger charge is 2.15. The van der Waals surface area contributed by atoms with E-state index in [-0.39, 0.29) is 12.5 Å². The van der Waals surface area contributed by atoms with Gasteiger partial charge in [0.25, 0.3) is 0 Å². The summed E-state index contributed by atoms with van der Waals surface area (Å²) in [7, 11) is 0. The Kier molecular flexibility index (Phi) is 4.99. The third-order valence-electron chi connectivity index (χ3n) is 2.90. The molecule has 1 aromatic carbocycles. The van der Waals surface area contributed by atoms with Gasteiger partial charge in [0.05, 0.1) is 17.3 Å². The molecule has 1 aliphatic rings. The van der Waals surface area contributed by atoms with Crippen LogP contribution in [0.15, 0.2) is 24.3 Å².